The van der Waals surface area contributed by atoms with Crippen LogP contribution in [0.3, 0.4) is 0 Å². The van der Waals surface area contributed by atoms with E-state index in [9.17, 15) is 0 Å². The maximum atomic E-state index is 6.20. The number of hydrogen-bond donors (Lipinski definition) is 2. The van der Waals surface area contributed by atoms with Crippen molar-refractivity contribution in [3.8, 4) is 0 Å². The highest BCUT2D eigenvalue weighted by molar-refractivity contribution is 5.17. The van der Waals surface area contributed by atoms with Gasteiger partial charge < -0.3 is 4.74 Å². The van der Waals surface area contributed by atoms with Crippen LogP contribution in [0.15, 0.2) is 12.4 Å². The van der Waals surface area contributed by atoms with Gasteiger partial charge in [0.15, 0.2) is 0 Å². The number of nitrogens with zero attached hydrogens (tertiary/aromatic N) is 2. The highest BCUT2D eigenvalue weighted by atomic mass is 16.5. The molecule has 0 aromatic carbocycles. The van der Waals surface area contributed by atoms with Gasteiger partial charge in [-0.1, -0.05) is 13.8 Å². The van der Waals surface area contributed by atoms with Crippen LogP contribution in [0.5, 0.6) is 0 Å². The van der Waals surface area contributed by atoms with Crippen LogP contribution in [0.4, 0.5) is 0 Å². The molecule has 1 heterocycles. The maximum Gasteiger partial charge on any atom is 0.0890 e. The maximum absolute atomic E-state index is 6.20. The van der Waals surface area contributed by atoms with Crippen molar-refractivity contribution in [3.05, 3.63) is 18.0 Å². The summed E-state index contributed by atoms with van der Waals surface area (Å²) in [6.45, 7) is 7.42. The lowest BCUT2D eigenvalue weighted by Crippen LogP contribution is -2.51. The Morgan fingerprint density at radius 2 is 2.05 bits per heavy atom. The Morgan fingerprint density at radius 1 is 1.40 bits per heavy atom. The third-order valence-corrected chi connectivity index (χ3v) is 4.63. The van der Waals surface area contributed by atoms with Crippen molar-refractivity contribution in [3.63, 3.8) is 0 Å². The highest BCUT2D eigenvalue weighted by Crippen LogP contribution is 2.47. The van der Waals surface area contributed by atoms with Gasteiger partial charge in [0.1, 0.15) is 0 Å². The van der Waals surface area contributed by atoms with E-state index in [0.29, 0.717) is 12.0 Å². The summed E-state index contributed by atoms with van der Waals surface area (Å²) in [5, 5.41) is 4.27. The molecule has 1 aromatic rings. The van der Waals surface area contributed by atoms with Gasteiger partial charge in [0.05, 0.1) is 17.8 Å². The molecule has 0 bridgehead atoms. The predicted molar refractivity (Wildman–Crippen MR) is 79.9 cm³/mol. The van der Waals surface area contributed by atoms with Crippen LogP contribution >= 0.6 is 0 Å². The molecule has 1 atom stereocenters. The van der Waals surface area contributed by atoms with E-state index in [1.165, 1.54) is 0 Å². The quantitative estimate of drug-likeness (QED) is 0.641. The molecule has 1 unspecified atom stereocenters. The fraction of sp³-hybridized carbons (Fsp3) is 0.800. The summed E-state index contributed by atoms with van der Waals surface area (Å²) >= 11 is 0. The summed E-state index contributed by atoms with van der Waals surface area (Å²) in [4.78, 5) is 0. The van der Waals surface area contributed by atoms with Gasteiger partial charge >= 0.3 is 0 Å². The van der Waals surface area contributed by atoms with Gasteiger partial charge in [0.2, 0.25) is 0 Å². The monoisotopic (exact) mass is 280 g/mol. The van der Waals surface area contributed by atoms with Crippen molar-refractivity contribution in [1.82, 2.24) is 15.2 Å². The molecular formula is C15H28N4O. The summed E-state index contributed by atoms with van der Waals surface area (Å²) in [5.74, 6) is 5.86. The van der Waals surface area contributed by atoms with Crippen LogP contribution in [-0.4, -0.2) is 22.0 Å². The first-order valence-electron chi connectivity index (χ1n) is 7.51. The van der Waals surface area contributed by atoms with Crippen LogP contribution in [-0.2, 0) is 11.8 Å². The van der Waals surface area contributed by atoms with E-state index in [1.807, 2.05) is 24.1 Å². The molecule has 114 valence electrons. The first kappa shape index (κ1) is 15.5. The van der Waals surface area contributed by atoms with Crippen LogP contribution in [0, 0.1) is 5.41 Å². The minimum atomic E-state index is -0.220. The van der Waals surface area contributed by atoms with E-state index in [-0.39, 0.29) is 11.6 Å². The highest BCUT2D eigenvalue weighted by Gasteiger charge is 2.45. The Morgan fingerprint density at radius 3 is 2.50 bits per heavy atom. The van der Waals surface area contributed by atoms with Gasteiger partial charge in [0.25, 0.3) is 0 Å². The Balaban J connectivity index is 2.26. The van der Waals surface area contributed by atoms with E-state index in [0.717, 1.165) is 31.2 Å². The fourth-order valence-corrected chi connectivity index (χ4v) is 3.29. The summed E-state index contributed by atoms with van der Waals surface area (Å²) < 4.78 is 8.01. The molecule has 1 saturated carbocycles. The third kappa shape index (κ3) is 3.05. The Kier molecular flexibility index (Phi) is 4.52. The number of aromatic nitrogens is 2. The predicted octanol–water partition coefficient (Wildman–Crippen LogP) is 2.30. The van der Waals surface area contributed by atoms with E-state index >= 15 is 0 Å². The molecule has 1 fully saturated rings. The van der Waals surface area contributed by atoms with Crippen LogP contribution in [0.2, 0.25) is 0 Å². The zero-order chi connectivity index (χ0) is 14.8. The zero-order valence-corrected chi connectivity index (χ0v) is 13.1. The van der Waals surface area contributed by atoms with Crippen molar-refractivity contribution in [2.75, 3.05) is 6.61 Å². The van der Waals surface area contributed by atoms with Gasteiger partial charge in [-0.2, -0.15) is 5.10 Å². The number of hydrazine groups is 1. The van der Waals surface area contributed by atoms with E-state index < -0.39 is 0 Å². The minimum Gasteiger partial charge on any atom is -0.373 e. The number of rotatable bonds is 5. The molecule has 0 spiro atoms. The van der Waals surface area contributed by atoms with Crippen molar-refractivity contribution in [1.29, 1.82) is 0 Å². The molecule has 0 amide bonds. The smallest absolute Gasteiger partial charge is 0.0890 e. The lowest BCUT2D eigenvalue weighted by Gasteiger charge is -2.47. The molecule has 20 heavy (non-hydrogen) atoms. The van der Waals surface area contributed by atoms with Crippen molar-refractivity contribution < 1.29 is 4.74 Å². The lowest BCUT2D eigenvalue weighted by atomic mass is 9.67. The number of hydrogen-bond acceptors (Lipinski definition) is 4. The normalized spacial score (nSPS) is 22.6. The molecule has 5 nitrogen and oxygen atoms in total. The van der Waals surface area contributed by atoms with Gasteiger partial charge in [0, 0.05) is 25.4 Å². The molecule has 1 aliphatic rings. The molecule has 0 radical (unpaired) electrons. The van der Waals surface area contributed by atoms with Crippen LogP contribution in [0.25, 0.3) is 0 Å². The average Bonchev–Trinajstić information content (AvgIpc) is 2.81. The topological polar surface area (TPSA) is 65.1 Å². The number of ether oxygens (including phenoxy) is 1. The Hall–Kier alpha value is -0.910. The van der Waals surface area contributed by atoms with Crippen molar-refractivity contribution in [2.24, 2.45) is 18.3 Å². The lowest BCUT2D eigenvalue weighted by molar-refractivity contribution is -0.108. The number of nitrogens with one attached hydrogen (secondary N) is 1. The molecule has 1 aromatic heterocycles. The van der Waals surface area contributed by atoms with Gasteiger partial charge in [-0.3, -0.25) is 10.5 Å². The number of aryl methyl sites for hydroxylation is 1. The minimum absolute atomic E-state index is 0.00718. The number of nitrogens with two attached hydrogens (primary N) is 1. The molecule has 1 aliphatic carbocycles. The van der Waals surface area contributed by atoms with Gasteiger partial charge in [-0.05, 0) is 38.0 Å². The van der Waals surface area contributed by atoms with Crippen molar-refractivity contribution in [2.45, 2.75) is 58.1 Å². The third-order valence-electron chi connectivity index (χ3n) is 4.63. The molecular weight excluding hydrogens is 252 g/mol. The molecule has 0 saturated heterocycles. The van der Waals surface area contributed by atoms with E-state index in [2.05, 4.69) is 31.3 Å². The zero-order valence-electron chi connectivity index (χ0n) is 13.1. The standard InChI is InChI=1S/C15H28N4O/c1-5-20-15(8-6-14(2,3)7-9-15)13(18-16)12-10-17-19(4)11-12/h10-11,13,18H,5-9,16H2,1-4H3. The first-order chi connectivity index (χ1) is 9.42. The summed E-state index contributed by atoms with van der Waals surface area (Å²) in [6, 6.07) is -0.00718. The van der Waals surface area contributed by atoms with Gasteiger partial charge in [-0.15, -0.1) is 0 Å². The summed E-state index contributed by atoms with van der Waals surface area (Å²) in [7, 11) is 1.93. The van der Waals surface area contributed by atoms with Crippen LogP contribution in [0.1, 0.15) is 58.1 Å². The van der Waals surface area contributed by atoms with Crippen LogP contribution < -0.4 is 11.3 Å². The van der Waals surface area contributed by atoms with E-state index in [4.69, 9.17) is 10.6 Å². The molecule has 5 heteroatoms. The second-order valence-corrected chi connectivity index (χ2v) is 6.71. The molecule has 3 N–H and O–H groups in total. The SMILES string of the molecule is CCOC1(C(NN)c2cnn(C)c2)CCC(C)(C)CC1. The average molecular weight is 280 g/mol. The molecule has 2 rings (SSSR count). The second kappa shape index (κ2) is 5.84. The van der Waals surface area contributed by atoms with Crippen molar-refractivity contribution >= 4 is 0 Å². The summed E-state index contributed by atoms with van der Waals surface area (Å²) in [5.41, 5.74) is 4.25. The largest absolute Gasteiger partial charge is 0.373 e. The first-order valence-corrected chi connectivity index (χ1v) is 7.51. The van der Waals surface area contributed by atoms with E-state index in [1.54, 1.807) is 0 Å². The fourth-order valence-electron chi connectivity index (χ4n) is 3.29. The Bertz CT molecular complexity index is 431. The molecule has 0 aliphatic heterocycles. The summed E-state index contributed by atoms with van der Waals surface area (Å²) in [6.07, 6.45) is 8.27. The second-order valence-electron chi connectivity index (χ2n) is 6.71. The Labute approximate surface area is 121 Å². The van der Waals surface area contributed by atoms with Gasteiger partial charge in [-0.25, -0.2) is 5.43 Å².